The van der Waals surface area contributed by atoms with Crippen LogP contribution in [-0.4, -0.2) is 49.9 Å². The van der Waals surface area contributed by atoms with Crippen LogP contribution in [0.2, 0.25) is 0 Å². The quantitative estimate of drug-likeness (QED) is 0.0381. The van der Waals surface area contributed by atoms with Gasteiger partial charge in [-0.2, -0.15) is 0 Å². The fourth-order valence-corrected chi connectivity index (χ4v) is 4.87. The number of hydrogen-bond acceptors (Lipinski definition) is 7. The minimum atomic E-state index is -4.25. The van der Waals surface area contributed by atoms with Crippen molar-refractivity contribution in [2.45, 2.75) is 142 Å². The van der Waals surface area contributed by atoms with E-state index in [-0.39, 0.29) is 32.3 Å². The van der Waals surface area contributed by atoms with E-state index >= 15 is 0 Å². The molecule has 0 aromatic carbocycles. The Labute approximate surface area is 239 Å². The maximum atomic E-state index is 12.2. The monoisotopic (exact) mass is 577 g/mol. The third-order valence-corrected chi connectivity index (χ3v) is 7.42. The lowest BCUT2D eigenvalue weighted by Crippen LogP contribution is -2.28. The first-order valence-corrected chi connectivity index (χ1v) is 17.2. The third kappa shape index (κ3) is 28.6. The lowest BCUT2D eigenvalue weighted by molar-refractivity contribution is -0.154. The summed E-state index contributed by atoms with van der Waals surface area (Å²) in [7, 11) is -4.25. The van der Waals surface area contributed by atoms with Gasteiger partial charge in [0.2, 0.25) is 0 Å². The Hall–Kier alpha value is -0.760. The highest BCUT2D eigenvalue weighted by molar-refractivity contribution is 7.47. The summed E-state index contributed by atoms with van der Waals surface area (Å²) in [5.74, 6) is -0.346. The molecule has 232 valence electrons. The van der Waals surface area contributed by atoms with Gasteiger partial charge in [-0.1, -0.05) is 103 Å². The topological polar surface area (TPSA) is 117 Å². The van der Waals surface area contributed by atoms with Crippen LogP contribution in [0.1, 0.15) is 136 Å². The maximum absolute atomic E-state index is 12.2. The van der Waals surface area contributed by atoms with Crippen LogP contribution in [0, 0.1) is 0 Å². The Morgan fingerprint density at radius 2 is 1.28 bits per heavy atom. The molecular weight excluding hydrogens is 517 g/mol. The second-order valence-electron chi connectivity index (χ2n) is 10.3. The summed E-state index contributed by atoms with van der Waals surface area (Å²) in [6.45, 7) is 4.80. The standard InChI is InChI=1S/C30H60NO7P/c1-3-5-7-9-10-11-12-13-14-15-16-17-18-20-22-25-35-27-29(28-37-39(33,34)36-26-24-31)38-30(32)23-21-19-8-6-4-2/h12-13,29H,3-11,14-28,31H2,1-2H3,(H,33,34)/b13-12-. The van der Waals surface area contributed by atoms with Gasteiger partial charge in [-0.25, -0.2) is 4.57 Å². The molecular formula is C30H60NO7P. The van der Waals surface area contributed by atoms with E-state index in [0.717, 1.165) is 44.9 Å². The second-order valence-corrected chi connectivity index (χ2v) is 11.8. The normalized spacial score (nSPS) is 14.1. The number of unbranched alkanes of at least 4 members (excludes halogenated alkanes) is 15. The first-order valence-electron chi connectivity index (χ1n) is 15.7. The number of phosphoric acid groups is 1. The van der Waals surface area contributed by atoms with E-state index in [1.807, 2.05) is 0 Å². The van der Waals surface area contributed by atoms with Crippen LogP contribution in [-0.2, 0) is 27.9 Å². The van der Waals surface area contributed by atoms with Gasteiger partial charge >= 0.3 is 13.8 Å². The fraction of sp³-hybridized carbons (Fsp3) is 0.900. The lowest BCUT2D eigenvalue weighted by Gasteiger charge is -2.20. The predicted octanol–water partition coefficient (Wildman–Crippen LogP) is 8.02. The molecule has 39 heavy (non-hydrogen) atoms. The van der Waals surface area contributed by atoms with E-state index in [9.17, 15) is 14.3 Å². The van der Waals surface area contributed by atoms with Crippen molar-refractivity contribution in [3.8, 4) is 0 Å². The molecule has 0 heterocycles. The number of carbonyl (C=O) groups is 1. The first kappa shape index (κ1) is 38.2. The van der Waals surface area contributed by atoms with Crippen LogP contribution in [0.5, 0.6) is 0 Å². The minimum absolute atomic E-state index is 0.0949. The zero-order valence-corrected chi connectivity index (χ0v) is 26.0. The van der Waals surface area contributed by atoms with E-state index in [1.54, 1.807) is 0 Å². The highest BCUT2D eigenvalue weighted by atomic mass is 31.2. The average molecular weight is 578 g/mol. The molecule has 0 aliphatic rings. The third-order valence-electron chi connectivity index (χ3n) is 6.43. The van der Waals surface area contributed by atoms with E-state index in [0.29, 0.717) is 13.0 Å². The molecule has 0 aliphatic heterocycles. The van der Waals surface area contributed by atoms with Crippen LogP contribution in [0.4, 0.5) is 0 Å². The van der Waals surface area contributed by atoms with Gasteiger partial charge in [-0.3, -0.25) is 13.8 Å². The molecule has 0 fully saturated rings. The number of hydrogen-bond donors (Lipinski definition) is 2. The molecule has 0 amide bonds. The van der Waals surface area contributed by atoms with Crippen LogP contribution in [0.25, 0.3) is 0 Å². The average Bonchev–Trinajstić information content (AvgIpc) is 2.92. The van der Waals surface area contributed by atoms with Crippen LogP contribution in [0.3, 0.4) is 0 Å². The van der Waals surface area contributed by atoms with Crippen molar-refractivity contribution < 1.29 is 32.8 Å². The van der Waals surface area contributed by atoms with Crippen molar-refractivity contribution in [1.29, 1.82) is 0 Å². The summed E-state index contributed by atoms with van der Waals surface area (Å²) >= 11 is 0. The molecule has 0 aliphatic carbocycles. The number of rotatable bonds is 30. The van der Waals surface area contributed by atoms with E-state index in [2.05, 4.69) is 26.0 Å². The summed E-state index contributed by atoms with van der Waals surface area (Å²) in [5.41, 5.74) is 5.31. The molecule has 0 saturated carbocycles. The summed E-state index contributed by atoms with van der Waals surface area (Å²) < 4.78 is 32.9. The van der Waals surface area contributed by atoms with Crippen molar-refractivity contribution in [2.75, 3.05) is 33.0 Å². The van der Waals surface area contributed by atoms with E-state index in [4.69, 9.17) is 24.3 Å². The Balaban J connectivity index is 4.03. The maximum Gasteiger partial charge on any atom is 0.472 e. The number of phosphoric ester groups is 1. The van der Waals surface area contributed by atoms with Gasteiger partial charge in [0.05, 0.1) is 19.8 Å². The number of nitrogens with two attached hydrogens (primary N) is 1. The molecule has 0 radical (unpaired) electrons. The molecule has 2 unspecified atom stereocenters. The summed E-state index contributed by atoms with van der Waals surface area (Å²) in [5, 5.41) is 0. The van der Waals surface area contributed by atoms with Crippen molar-refractivity contribution in [3.05, 3.63) is 12.2 Å². The molecule has 0 aromatic rings. The van der Waals surface area contributed by atoms with E-state index in [1.165, 1.54) is 70.6 Å². The molecule has 0 spiro atoms. The highest BCUT2D eigenvalue weighted by Gasteiger charge is 2.25. The molecule has 0 bridgehead atoms. The van der Waals surface area contributed by atoms with Gasteiger partial charge in [0.15, 0.2) is 0 Å². The van der Waals surface area contributed by atoms with Crippen molar-refractivity contribution in [2.24, 2.45) is 5.73 Å². The Bertz CT molecular complexity index is 618. The van der Waals surface area contributed by atoms with Crippen molar-refractivity contribution in [3.63, 3.8) is 0 Å². The Morgan fingerprint density at radius 3 is 1.87 bits per heavy atom. The molecule has 9 heteroatoms. The van der Waals surface area contributed by atoms with Crippen LogP contribution >= 0.6 is 7.82 Å². The highest BCUT2D eigenvalue weighted by Crippen LogP contribution is 2.43. The molecule has 3 N–H and O–H groups in total. The molecule has 2 atom stereocenters. The Morgan fingerprint density at radius 1 is 0.744 bits per heavy atom. The Kier molecular flexibility index (Phi) is 28.2. The van der Waals surface area contributed by atoms with Gasteiger partial charge in [-0.15, -0.1) is 0 Å². The van der Waals surface area contributed by atoms with Gasteiger partial charge in [0, 0.05) is 19.6 Å². The van der Waals surface area contributed by atoms with Gasteiger partial charge in [0.25, 0.3) is 0 Å². The van der Waals surface area contributed by atoms with Gasteiger partial charge in [0.1, 0.15) is 6.10 Å². The summed E-state index contributed by atoms with van der Waals surface area (Å²) in [6.07, 6.45) is 25.4. The molecule has 0 aromatic heterocycles. The summed E-state index contributed by atoms with van der Waals surface area (Å²) in [4.78, 5) is 22.0. The zero-order chi connectivity index (χ0) is 28.9. The number of ether oxygens (including phenoxy) is 2. The SMILES string of the molecule is CCCCCCC/C=C\CCCCCCCCOCC(COP(=O)(O)OCCN)OC(=O)CCCCCCC. The number of carbonyl (C=O) groups excluding carboxylic acids is 1. The van der Waals surface area contributed by atoms with Gasteiger partial charge < -0.3 is 20.1 Å². The molecule has 0 saturated heterocycles. The van der Waals surface area contributed by atoms with Gasteiger partial charge in [-0.05, 0) is 38.5 Å². The summed E-state index contributed by atoms with van der Waals surface area (Å²) in [6, 6.07) is 0. The number of allylic oxidation sites excluding steroid dienone is 2. The van der Waals surface area contributed by atoms with Crippen molar-refractivity contribution >= 4 is 13.8 Å². The van der Waals surface area contributed by atoms with E-state index < -0.39 is 13.9 Å². The van der Waals surface area contributed by atoms with Crippen LogP contribution in [0.15, 0.2) is 12.2 Å². The van der Waals surface area contributed by atoms with Crippen LogP contribution < -0.4 is 5.73 Å². The predicted molar refractivity (Wildman–Crippen MR) is 160 cm³/mol. The minimum Gasteiger partial charge on any atom is -0.457 e. The largest absolute Gasteiger partial charge is 0.472 e. The first-order chi connectivity index (χ1) is 18.9. The fourth-order valence-electron chi connectivity index (χ4n) is 4.11. The van der Waals surface area contributed by atoms with Crippen molar-refractivity contribution in [1.82, 2.24) is 0 Å². The second kappa shape index (κ2) is 28.8. The smallest absolute Gasteiger partial charge is 0.457 e. The molecule has 0 rings (SSSR count). The number of esters is 1. The zero-order valence-electron chi connectivity index (χ0n) is 25.1. The molecule has 8 nitrogen and oxygen atoms in total. The lowest BCUT2D eigenvalue weighted by atomic mass is 10.1.